The number of ether oxygens (including phenoxy) is 1. The molecule has 0 aromatic heterocycles. The molecule has 0 bridgehead atoms. The lowest BCUT2D eigenvalue weighted by Crippen LogP contribution is -2.24. The molecule has 0 unspecified atom stereocenters. The number of hydrogen-bond acceptors (Lipinski definition) is 5. The van der Waals surface area contributed by atoms with Crippen LogP contribution in [0.4, 0.5) is 5.69 Å². The van der Waals surface area contributed by atoms with Gasteiger partial charge in [-0.25, -0.2) is 5.43 Å². The number of nitrogens with zero attached hydrogens (tertiary/aromatic N) is 1. The number of carbonyl (C=O) groups is 2. The zero-order chi connectivity index (χ0) is 18.2. The van der Waals surface area contributed by atoms with Gasteiger partial charge in [0.2, 0.25) is 11.8 Å². The van der Waals surface area contributed by atoms with Gasteiger partial charge in [0, 0.05) is 10.7 Å². The smallest absolute Gasteiger partial charge is 0.249 e. The average molecular weight is 362 g/mol. The number of carbonyl (C=O) groups excluding carboxylic acids is 2. The van der Waals surface area contributed by atoms with E-state index in [1.54, 1.807) is 36.4 Å². The van der Waals surface area contributed by atoms with Gasteiger partial charge in [-0.2, -0.15) is 5.10 Å². The summed E-state index contributed by atoms with van der Waals surface area (Å²) in [4.78, 5) is 23.5. The van der Waals surface area contributed by atoms with Crippen molar-refractivity contribution in [1.29, 1.82) is 0 Å². The lowest BCUT2D eigenvalue weighted by molar-refractivity contribution is -0.126. The lowest BCUT2D eigenvalue weighted by atomic mass is 10.2. The van der Waals surface area contributed by atoms with E-state index in [2.05, 4.69) is 15.8 Å². The summed E-state index contributed by atoms with van der Waals surface area (Å²) in [6.45, 7) is 0. The van der Waals surface area contributed by atoms with Gasteiger partial charge in [0.1, 0.15) is 6.42 Å². The molecule has 0 fully saturated rings. The molecule has 2 aromatic rings. The maximum atomic E-state index is 11.8. The van der Waals surface area contributed by atoms with Crippen LogP contribution in [0.15, 0.2) is 47.6 Å². The molecule has 0 atom stereocenters. The number of amides is 2. The van der Waals surface area contributed by atoms with Crippen molar-refractivity contribution in [2.75, 3.05) is 12.4 Å². The lowest BCUT2D eigenvalue weighted by Gasteiger charge is -2.05. The molecule has 0 spiro atoms. The number of benzene rings is 2. The zero-order valence-electron chi connectivity index (χ0n) is 13.3. The minimum absolute atomic E-state index is 0.00127. The number of nitrogens with one attached hydrogen (secondary N) is 2. The molecule has 3 N–H and O–H groups in total. The van der Waals surface area contributed by atoms with Crippen molar-refractivity contribution in [2.45, 2.75) is 6.42 Å². The van der Waals surface area contributed by atoms with Gasteiger partial charge in [-0.1, -0.05) is 17.7 Å². The van der Waals surface area contributed by atoms with Crippen LogP contribution in [0.2, 0.25) is 5.02 Å². The van der Waals surface area contributed by atoms with Crippen LogP contribution in [-0.4, -0.2) is 30.2 Å². The first-order chi connectivity index (χ1) is 12.0. The molecule has 0 saturated carbocycles. The summed E-state index contributed by atoms with van der Waals surface area (Å²) in [7, 11) is 1.43. The third-order valence-electron chi connectivity index (χ3n) is 3.04. The Balaban J connectivity index is 1.84. The third-order valence-corrected chi connectivity index (χ3v) is 3.27. The summed E-state index contributed by atoms with van der Waals surface area (Å²) < 4.78 is 4.97. The number of halogens is 1. The predicted octanol–water partition coefficient (Wildman–Crippen LogP) is 2.53. The molecule has 0 aliphatic rings. The molecule has 0 radical (unpaired) electrons. The van der Waals surface area contributed by atoms with Crippen LogP contribution < -0.4 is 15.5 Å². The highest BCUT2D eigenvalue weighted by Gasteiger charge is 2.09. The van der Waals surface area contributed by atoms with Crippen molar-refractivity contribution >= 4 is 35.3 Å². The van der Waals surface area contributed by atoms with Gasteiger partial charge in [0.05, 0.1) is 13.3 Å². The minimum Gasteiger partial charge on any atom is -0.504 e. The fraction of sp³-hybridized carbons (Fsp3) is 0.118. The molecule has 0 saturated heterocycles. The Morgan fingerprint density at radius 3 is 2.76 bits per heavy atom. The molecule has 130 valence electrons. The topological polar surface area (TPSA) is 100 Å². The van der Waals surface area contributed by atoms with Crippen molar-refractivity contribution in [1.82, 2.24) is 5.43 Å². The second-order valence-electron chi connectivity index (χ2n) is 4.96. The number of methoxy groups -OCH3 is 1. The van der Waals surface area contributed by atoms with Gasteiger partial charge >= 0.3 is 0 Å². The van der Waals surface area contributed by atoms with Gasteiger partial charge in [0.15, 0.2) is 11.5 Å². The fourth-order valence-electron chi connectivity index (χ4n) is 1.91. The molecular formula is C17H16ClN3O4. The van der Waals surface area contributed by atoms with Gasteiger partial charge < -0.3 is 15.2 Å². The largest absolute Gasteiger partial charge is 0.504 e. The molecule has 0 heterocycles. The maximum absolute atomic E-state index is 11.8. The van der Waals surface area contributed by atoms with Crippen LogP contribution in [0.5, 0.6) is 11.5 Å². The Hall–Kier alpha value is -3.06. The molecule has 2 amide bonds. The number of aromatic hydroxyl groups is 1. The van der Waals surface area contributed by atoms with Gasteiger partial charge in [0.25, 0.3) is 0 Å². The number of phenols is 1. The number of rotatable bonds is 6. The molecule has 0 aliphatic carbocycles. The Bertz CT molecular complexity index is 808. The van der Waals surface area contributed by atoms with E-state index in [0.717, 1.165) is 0 Å². The standard InChI is InChI=1S/C17H16ClN3O4/c1-25-15-7-11(5-6-14(15)22)10-19-21-17(24)9-16(23)20-13-4-2-3-12(18)8-13/h2-8,10,22H,9H2,1H3,(H,20,23)(H,21,24)/b19-10-. The van der Waals surface area contributed by atoms with E-state index in [-0.39, 0.29) is 17.9 Å². The SMILES string of the molecule is COc1cc(/C=N\NC(=O)CC(=O)Nc2cccc(Cl)c2)ccc1O. The number of hydrazone groups is 1. The summed E-state index contributed by atoms with van der Waals surface area (Å²) in [5.74, 6) is -0.764. The van der Waals surface area contributed by atoms with Crippen molar-refractivity contribution in [3.8, 4) is 11.5 Å². The van der Waals surface area contributed by atoms with E-state index in [4.69, 9.17) is 16.3 Å². The first-order valence-corrected chi connectivity index (χ1v) is 7.60. The highest BCUT2D eigenvalue weighted by atomic mass is 35.5. The summed E-state index contributed by atoms with van der Waals surface area (Å²) in [6.07, 6.45) is 0.984. The summed E-state index contributed by atoms with van der Waals surface area (Å²) in [6, 6.07) is 11.2. The minimum atomic E-state index is -0.568. The van der Waals surface area contributed by atoms with Crippen molar-refractivity contribution < 1.29 is 19.4 Å². The van der Waals surface area contributed by atoms with E-state index in [1.807, 2.05) is 0 Å². The van der Waals surface area contributed by atoms with Gasteiger partial charge in [-0.15, -0.1) is 0 Å². The second kappa shape index (κ2) is 8.70. The normalized spacial score (nSPS) is 10.5. The van der Waals surface area contributed by atoms with Crippen LogP contribution in [-0.2, 0) is 9.59 Å². The Kier molecular flexibility index (Phi) is 6.36. The molecule has 25 heavy (non-hydrogen) atoms. The van der Waals surface area contributed by atoms with Crippen molar-refractivity contribution in [3.63, 3.8) is 0 Å². The van der Waals surface area contributed by atoms with Crippen molar-refractivity contribution in [3.05, 3.63) is 53.1 Å². The van der Waals surface area contributed by atoms with Crippen LogP contribution in [0.1, 0.15) is 12.0 Å². The summed E-state index contributed by atoms with van der Waals surface area (Å²) in [5.41, 5.74) is 3.37. The highest BCUT2D eigenvalue weighted by Crippen LogP contribution is 2.25. The number of hydrogen-bond donors (Lipinski definition) is 3. The highest BCUT2D eigenvalue weighted by molar-refractivity contribution is 6.30. The molecule has 2 aromatic carbocycles. The van der Waals surface area contributed by atoms with E-state index < -0.39 is 11.8 Å². The van der Waals surface area contributed by atoms with Gasteiger partial charge in [-0.05, 0) is 42.0 Å². The third kappa shape index (κ3) is 5.82. The first kappa shape index (κ1) is 18.3. The second-order valence-corrected chi connectivity index (χ2v) is 5.40. The van der Waals surface area contributed by atoms with E-state index >= 15 is 0 Å². The molecular weight excluding hydrogens is 346 g/mol. The van der Waals surface area contributed by atoms with E-state index in [9.17, 15) is 14.7 Å². The van der Waals surface area contributed by atoms with Crippen LogP contribution in [0.3, 0.4) is 0 Å². The van der Waals surface area contributed by atoms with E-state index in [1.165, 1.54) is 19.4 Å². The molecule has 0 aliphatic heterocycles. The quantitative estimate of drug-likeness (QED) is 0.418. The van der Waals surface area contributed by atoms with Crippen LogP contribution in [0, 0.1) is 0 Å². The number of anilines is 1. The van der Waals surface area contributed by atoms with E-state index in [0.29, 0.717) is 16.3 Å². The molecule has 8 heteroatoms. The molecule has 7 nitrogen and oxygen atoms in total. The first-order valence-electron chi connectivity index (χ1n) is 7.22. The maximum Gasteiger partial charge on any atom is 0.249 e. The summed E-state index contributed by atoms with van der Waals surface area (Å²) in [5, 5.41) is 16.3. The number of phenolic OH excluding ortho intramolecular Hbond substituents is 1. The summed E-state index contributed by atoms with van der Waals surface area (Å²) >= 11 is 5.82. The van der Waals surface area contributed by atoms with Crippen molar-refractivity contribution in [2.24, 2.45) is 5.10 Å². The average Bonchev–Trinajstić information content (AvgIpc) is 2.56. The Labute approximate surface area is 149 Å². The van der Waals surface area contributed by atoms with Gasteiger partial charge in [-0.3, -0.25) is 9.59 Å². The monoisotopic (exact) mass is 361 g/mol. The zero-order valence-corrected chi connectivity index (χ0v) is 14.1. The Morgan fingerprint density at radius 1 is 1.24 bits per heavy atom. The Morgan fingerprint density at radius 2 is 2.04 bits per heavy atom. The van der Waals surface area contributed by atoms with Crippen LogP contribution >= 0.6 is 11.6 Å². The molecule has 2 rings (SSSR count). The predicted molar refractivity (Wildman–Crippen MR) is 95.1 cm³/mol. The van der Waals surface area contributed by atoms with Crippen LogP contribution in [0.25, 0.3) is 0 Å². The fourth-order valence-corrected chi connectivity index (χ4v) is 2.10.